The molecule has 0 aromatic rings. The van der Waals surface area contributed by atoms with E-state index >= 15 is 0 Å². The van der Waals surface area contributed by atoms with Crippen molar-refractivity contribution in [3.63, 3.8) is 0 Å². The largest absolute Gasteiger partial charge is 0.409 e. The summed E-state index contributed by atoms with van der Waals surface area (Å²) in [6.07, 6.45) is 1.25. The van der Waals surface area contributed by atoms with Gasteiger partial charge in [-0.1, -0.05) is 5.16 Å². The molecule has 0 aromatic carbocycles. The molecule has 0 bridgehead atoms. The monoisotopic (exact) mass is 278 g/mol. The van der Waals surface area contributed by atoms with Crippen molar-refractivity contribution in [3.8, 4) is 0 Å². The summed E-state index contributed by atoms with van der Waals surface area (Å²) in [7, 11) is -2.90. The molecule has 1 unspecified atom stereocenters. The summed E-state index contributed by atoms with van der Waals surface area (Å²) in [5, 5.41) is 11.6. The molecule has 1 rings (SSSR count). The summed E-state index contributed by atoms with van der Waals surface area (Å²) < 4.78 is 22.2. The Morgan fingerprint density at radius 2 is 1.94 bits per heavy atom. The van der Waals surface area contributed by atoms with Crippen LogP contribution in [0.4, 0.5) is 0 Å². The van der Waals surface area contributed by atoms with Crippen LogP contribution >= 0.6 is 0 Å². The van der Waals surface area contributed by atoms with Crippen LogP contribution in [0.3, 0.4) is 0 Å². The van der Waals surface area contributed by atoms with Crippen molar-refractivity contribution in [3.05, 3.63) is 0 Å². The number of rotatable bonds is 5. The molecule has 18 heavy (non-hydrogen) atoms. The van der Waals surface area contributed by atoms with Gasteiger partial charge >= 0.3 is 0 Å². The van der Waals surface area contributed by atoms with Crippen molar-refractivity contribution >= 4 is 15.7 Å². The molecule has 1 atom stereocenters. The summed E-state index contributed by atoms with van der Waals surface area (Å²) in [4.78, 5) is 4.24. The molecule has 7 nitrogen and oxygen atoms in total. The predicted octanol–water partition coefficient (Wildman–Crippen LogP) is -1.22. The highest BCUT2D eigenvalue weighted by Gasteiger charge is 2.23. The van der Waals surface area contributed by atoms with Crippen molar-refractivity contribution in [2.24, 2.45) is 10.9 Å². The highest BCUT2D eigenvalue weighted by Crippen LogP contribution is 2.06. The van der Waals surface area contributed by atoms with Crippen LogP contribution in [0, 0.1) is 0 Å². The van der Waals surface area contributed by atoms with Crippen molar-refractivity contribution in [2.75, 3.05) is 44.7 Å². The minimum absolute atomic E-state index is 0.0907. The Kier molecular flexibility index (Phi) is 5.36. The van der Waals surface area contributed by atoms with E-state index in [9.17, 15) is 8.42 Å². The second-order valence-electron chi connectivity index (χ2n) is 4.71. The molecule has 106 valence electrons. The molecule has 1 saturated heterocycles. The maximum absolute atomic E-state index is 11.1. The van der Waals surface area contributed by atoms with E-state index in [-0.39, 0.29) is 17.6 Å². The van der Waals surface area contributed by atoms with Crippen LogP contribution < -0.4 is 5.73 Å². The third-order valence-corrected chi connectivity index (χ3v) is 4.20. The van der Waals surface area contributed by atoms with Crippen LogP contribution in [0.25, 0.3) is 0 Å². The maximum Gasteiger partial charge on any atom is 0.156 e. The van der Waals surface area contributed by atoms with E-state index in [4.69, 9.17) is 10.9 Å². The topological polar surface area (TPSA) is 99.2 Å². The number of nitrogens with two attached hydrogens (primary N) is 1. The number of amidine groups is 1. The second-order valence-corrected chi connectivity index (χ2v) is 6.97. The molecule has 0 saturated carbocycles. The van der Waals surface area contributed by atoms with E-state index < -0.39 is 9.84 Å². The number of oxime groups is 1. The number of hydrogen-bond acceptors (Lipinski definition) is 6. The fourth-order valence-electron chi connectivity index (χ4n) is 1.94. The van der Waals surface area contributed by atoms with E-state index in [2.05, 4.69) is 15.0 Å². The molecule has 1 fully saturated rings. The molecule has 0 radical (unpaired) electrons. The Bertz CT molecular complexity index is 388. The molecule has 0 amide bonds. The molecular formula is C10H22N4O3S. The van der Waals surface area contributed by atoms with Crippen LogP contribution in [0.5, 0.6) is 0 Å². The van der Waals surface area contributed by atoms with Gasteiger partial charge in [0, 0.05) is 39.0 Å². The zero-order valence-electron chi connectivity index (χ0n) is 10.9. The van der Waals surface area contributed by atoms with E-state index in [0.29, 0.717) is 6.54 Å². The quantitative estimate of drug-likeness (QED) is 0.283. The summed E-state index contributed by atoms with van der Waals surface area (Å²) in [5.41, 5.74) is 5.56. The Labute approximate surface area is 108 Å². The Morgan fingerprint density at radius 3 is 2.39 bits per heavy atom. The first-order valence-electron chi connectivity index (χ1n) is 5.95. The normalized spacial score (nSPS) is 22.0. The lowest BCUT2D eigenvalue weighted by Crippen LogP contribution is -2.53. The number of hydrogen-bond donors (Lipinski definition) is 2. The average Bonchev–Trinajstić information content (AvgIpc) is 2.34. The van der Waals surface area contributed by atoms with Gasteiger partial charge in [-0.3, -0.25) is 9.80 Å². The molecule has 0 spiro atoms. The molecule has 0 aliphatic carbocycles. The minimum atomic E-state index is -2.90. The van der Waals surface area contributed by atoms with Gasteiger partial charge in [0.05, 0.1) is 11.8 Å². The van der Waals surface area contributed by atoms with E-state index in [1.807, 2.05) is 6.92 Å². The lowest BCUT2D eigenvalue weighted by Gasteiger charge is -2.37. The number of nitrogens with zero attached hydrogens (tertiary/aromatic N) is 3. The van der Waals surface area contributed by atoms with Gasteiger partial charge in [-0.05, 0) is 6.92 Å². The smallest absolute Gasteiger partial charge is 0.156 e. The first-order valence-corrected chi connectivity index (χ1v) is 8.01. The lowest BCUT2D eigenvalue weighted by molar-refractivity contribution is 0.126. The molecule has 8 heteroatoms. The fourth-order valence-corrected chi connectivity index (χ4v) is 2.53. The third-order valence-electron chi connectivity index (χ3n) is 3.28. The van der Waals surface area contributed by atoms with Gasteiger partial charge < -0.3 is 10.9 Å². The molecule has 1 heterocycles. The van der Waals surface area contributed by atoms with Crippen LogP contribution in [0.15, 0.2) is 5.16 Å². The molecule has 1 aliphatic rings. The van der Waals surface area contributed by atoms with Crippen molar-refractivity contribution < 1.29 is 13.6 Å². The van der Waals surface area contributed by atoms with Crippen molar-refractivity contribution in [1.82, 2.24) is 9.80 Å². The molecule has 0 aromatic heterocycles. The van der Waals surface area contributed by atoms with Gasteiger partial charge in [-0.2, -0.15) is 0 Å². The van der Waals surface area contributed by atoms with E-state index in [0.717, 1.165) is 26.2 Å². The third kappa shape index (κ3) is 4.79. The standard InChI is InChI=1S/C10H22N4O3S/c1-9(10(11)12-15)14-5-3-13(4-6-14)7-8-18(2,16)17/h9,15H,3-8H2,1-2H3,(H2,11,12). The Balaban J connectivity index is 2.37. The zero-order valence-corrected chi connectivity index (χ0v) is 11.7. The van der Waals surface area contributed by atoms with Crippen LogP contribution in [0.1, 0.15) is 6.92 Å². The highest BCUT2D eigenvalue weighted by atomic mass is 32.2. The van der Waals surface area contributed by atoms with Gasteiger partial charge in [0.2, 0.25) is 0 Å². The summed E-state index contributed by atoms with van der Waals surface area (Å²) >= 11 is 0. The summed E-state index contributed by atoms with van der Waals surface area (Å²) in [5.74, 6) is 0.405. The van der Waals surface area contributed by atoms with Gasteiger partial charge in [0.25, 0.3) is 0 Å². The zero-order chi connectivity index (χ0) is 13.8. The van der Waals surface area contributed by atoms with Gasteiger partial charge in [0.15, 0.2) is 5.84 Å². The lowest BCUT2D eigenvalue weighted by atomic mass is 10.2. The second kappa shape index (κ2) is 6.35. The van der Waals surface area contributed by atoms with Gasteiger partial charge in [-0.25, -0.2) is 8.42 Å². The van der Waals surface area contributed by atoms with Crippen molar-refractivity contribution in [2.45, 2.75) is 13.0 Å². The number of sulfone groups is 1. The average molecular weight is 278 g/mol. The van der Waals surface area contributed by atoms with E-state index in [1.54, 1.807) is 0 Å². The highest BCUT2D eigenvalue weighted by molar-refractivity contribution is 7.90. The van der Waals surface area contributed by atoms with Crippen molar-refractivity contribution in [1.29, 1.82) is 0 Å². The summed E-state index contributed by atoms with van der Waals surface area (Å²) in [6.45, 7) is 5.66. The Morgan fingerprint density at radius 1 is 1.39 bits per heavy atom. The fraction of sp³-hybridized carbons (Fsp3) is 0.900. The SMILES string of the molecule is CC(C(N)=NO)N1CCN(CCS(C)(=O)=O)CC1. The molecular weight excluding hydrogens is 256 g/mol. The first-order chi connectivity index (χ1) is 8.33. The minimum Gasteiger partial charge on any atom is -0.409 e. The van der Waals surface area contributed by atoms with Gasteiger partial charge in [-0.15, -0.1) is 0 Å². The number of piperazine rings is 1. The Hall–Kier alpha value is -0.860. The predicted molar refractivity (Wildman–Crippen MR) is 70.6 cm³/mol. The van der Waals surface area contributed by atoms with Crippen LogP contribution in [-0.4, -0.2) is 80.0 Å². The molecule has 3 N–H and O–H groups in total. The summed E-state index contributed by atoms with van der Waals surface area (Å²) in [6, 6.07) is -0.0907. The first kappa shape index (κ1) is 15.2. The van der Waals surface area contributed by atoms with E-state index in [1.165, 1.54) is 6.26 Å². The molecule has 1 aliphatic heterocycles. The van der Waals surface area contributed by atoms with Crippen LogP contribution in [0.2, 0.25) is 0 Å². The maximum atomic E-state index is 11.1. The van der Waals surface area contributed by atoms with Gasteiger partial charge in [0.1, 0.15) is 9.84 Å². The van der Waals surface area contributed by atoms with Crippen LogP contribution in [-0.2, 0) is 9.84 Å².